The zero-order chi connectivity index (χ0) is 26.1. The number of carboxylic acid groups (broad SMARTS) is 1. The van der Waals surface area contributed by atoms with Gasteiger partial charge in [-0.1, -0.05) is 36.8 Å². The standard InChI is InChI=1S/C26H33N5O5/c27-12-4-3-6-20(28)24(33)30-22(13-16-8-10-18(32)11-9-16)25(34)31-23(26(35)36)14-17-15-29-21-7-2-1-5-19(17)21/h1-2,5,7-11,15,20,22-23,29,32H,3-4,6,12-14,27-28H2,(H,30,33)(H,31,34)(H,35,36)/t20-,22-,23-/m0/s1. The van der Waals surface area contributed by atoms with Crippen LogP contribution in [0.1, 0.15) is 30.4 Å². The summed E-state index contributed by atoms with van der Waals surface area (Å²) in [6.45, 7) is 0.493. The maximum absolute atomic E-state index is 13.2. The number of rotatable bonds is 13. The second kappa shape index (κ2) is 12.7. The highest BCUT2D eigenvalue weighted by Gasteiger charge is 2.29. The zero-order valence-electron chi connectivity index (χ0n) is 19.9. The second-order valence-electron chi connectivity index (χ2n) is 8.79. The molecule has 0 spiro atoms. The maximum Gasteiger partial charge on any atom is 0.326 e. The molecule has 0 saturated heterocycles. The van der Waals surface area contributed by atoms with Gasteiger partial charge in [0.15, 0.2) is 0 Å². The molecule has 3 atom stereocenters. The van der Waals surface area contributed by atoms with Crippen molar-refractivity contribution in [1.29, 1.82) is 0 Å². The topological polar surface area (TPSA) is 184 Å². The van der Waals surface area contributed by atoms with Crippen molar-refractivity contribution in [2.45, 2.75) is 50.2 Å². The number of aromatic nitrogens is 1. The number of hydrogen-bond donors (Lipinski definition) is 7. The smallest absolute Gasteiger partial charge is 0.326 e. The number of phenols is 1. The average molecular weight is 496 g/mol. The minimum Gasteiger partial charge on any atom is -0.508 e. The summed E-state index contributed by atoms with van der Waals surface area (Å²) in [5.74, 6) is -2.27. The third-order valence-electron chi connectivity index (χ3n) is 6.03. The molecule has 2 amide bonds. The lowest BCUT2D eigenvalue weighted by molar-refractivity contribution is -0.142. The first-order valence-electron chi connectivity index (χ1n) is 11.9. The number of unbranched alkanes of at least 4 members (excludes halogenated alkanes) is 1. The minimum absolute atomic E-state index is 0.0591. The summed E-state index contributed by atoms with van der Waals surface area (Å²) in [7, 11) is 0. The molecule has 0 aliphatic carbocycles. The predicted molar refractivity (Wildman–Crippen MR) is 136 cm³/mol. The summed E-state index contributed by atoms with van der Waals surface area (Å²) in [4.78, 5) is 41.1. The van der Waals surface area contributed by atoms with Crippen molar-refractivity contribution in [3.63, 3.8) is 0 Å². The molecule has 9 N–H and O–H groups in total. The Balaban J connectivity index is 1.75. The van der Waals surface area contributed by atoms with Gasteiger partial charge in [-0.25, -0.2) is 4.79 Å². The van der Waals surface area contributed by atoms with E-state index in [2.05, 4.69) is 15.6 Å². The number of hydrogen-bond acceptors (Lipinski definition) is 6. The van der Waals surface area contributed by atoms with Crippen molar-refractivity contribution >= 4 is 28.7 Å². The van der Waals surface area contributed by atoms with E-state index in [1.807, 2.05) is 24.3 Å². The maximum atomic E-state index is 13.2. The molecule has 3 aromatic rings. The van der Waals surface area contributed by atoms with Crippen molar-refractivity contribution < 1.29 is 24.6 Å². The van der Waals surface area contributed by atoms with Gasteiger partial charge in [-0.2, -0.15) is 0 Å². The predicted octanol–water partition coefficient (Wildman–Crippen LogP) is 1.17. The quantitative estimate of drug-likeness (QED) is 0.174. The van der Waals surface area contributed by atoms with Gasteiger partial charge in [0.1, 0.15) is 17.8 Å². The van der Waals surface area contributed by atoms with Gasteiger partial charge in [0.25, 0.3) is 0 Å². The number of carbonyl (C=O) groups excluding carboxylic acids is 2. The molecule has 0 unspecified atom stereocenters. The van der Waals surface area contributed by atoms with Crippen LogP contribution in [0.4, 0.5) is 0 Å². The summed E-state index contributed by atoms with van der Waals surface area (Å²) >= 11 is 0. The molecule has 1 heterocycles. The molecule has 0 saturated carbocycles. The van der Waals surface area contributed by atoms with Crippen molar-refractivity contribution in [2.24, 2.45) is 11.5 Å². The van der Waals surface area contributed by atoms with Crippen molar-refractivity contribution in [3.8, 4) is 5.75 Å². The van der Waals surface area contributed by atoms with Crippen LogP contribution in [0.3, 0.4) is 0 Å². The van der Waals surface area contributed by atoms with E-state index in [-0.39, 0.29) is 18.6 Å². The number of nitrogens with two attached hydrogens (primary N) is 2. The molecule has 0 bridgehead atoms. The highest BCUT2D eigenvalue weighted by atomic mass is 16.4. The first kappa shape index (κ1) is 26.7. The molecule has 2 aromatic carbocycles. The first-order chi connectivity index (χ1) is 17.3. The molecule has 3 rings (SSSR count). The highest BCUT2D eigenvalue weighted by Crippen LogP contribution is 2.19. The highest BCUT2D eigenvalue weighted by molar-refractivity contribution is 5.92. The molecular weight excluding hydrogens is 462 g/mol. The van der Waals surface area contributed by atoms with Crippen molar-refractivity contribution in [3.05, 3.63) is 65.9 Å². The van der Waals surface area contributed by atoms with Gasteiger partial charge < -0.3 is 37.3 Å². The zero-order valence-corrected chi connectivity index (χ0v) is 19.9. The fraction of sp³-hybridized carbons (Fsp3) is 0.346. The van der Waals surface area contributed by atoms with Crippen molar-refractivity contribution in [2.75, 3.05) is 6.54 Å². The molecule has 1 aromatic heterocycles. The number of nitrogens with one attached hydrogen (secondary N) is 3. The summed E-state index contributed by atoms with van der Waals surface area (Å²) in [6, 6.07) is 10.6. The Bertz CT molecular complexity index is 1180. The number of H-pyrrole nitrogens is 1. The molecule has 0 aliphatic heterocycles. The van der Waals surface area contributed by atoms with Gasteiger partial charge in [0.05, 0.1) is 6.04 Å². The number of amides is 2. The first-order valence-corrected chi connectivity index (χ1v) is 11.9. The molecule has 0 aliphatic rings. The normalized spacial score (nSPS) is 13.6. The van der Waals surface area contributed by atoms with Gasteiger partial charge in [0, 0.05) is 29.9 Å². The monoisotopic (exact) mass is 495 g/mol. The summed E-state index contributed by atoms with van der Waals surface area (Å²) < 4.78 is 0. The average Bonchev–Trinajstić information content (AvgIpc) is 3.27. The van der Waals surface area contributed by atoms with Gasteiger partial charge in [0.2, 0.25) is 11.8 Å². The van der Waals surface area contributed by atoms with Crippen LogP contribution < -0.4 is 22.1 Å². The van der Waals surface area contributed by atoms with Gasteiger partial charge in [-0.15, -0.1) is 0 Å². The van der Waals surface area contributed by atoms with E-state index in [9.17, 15) is 24.6 Å². The fourth-order valence-electron chi connectivity index (χ4n) is 3.99. The fourth-order valence-corrected chi connectivity index (χ4v) is 3.99. The van der Waals surface area contributed by atoms with E-state index >= 15 is 0 Å². The number of benzene rings is 2. The van der Waals surface area contributed by atoms with E-state index in [4.69, 9.17) is 11.5 Å². The van der Waals surface area contributed by atoms with Crippen molar-refractivity contribution in [1.82, 2.24) is 15.6 Å². The van der Waals surface area contributed by atoms with E-state index in [0.29, 0.717) is 24.9 Å². The van der Waals surface area contributed by atoms with Crippen LogP contribution in [0.2, 0.25) is 0 Å². The van der Waals surface area contributed by atoms with Gasteiger partial charge >= 0.3 is 5.97 Å². The van der Waals surface area contributed by atoms with E-state index < -0.39 is 35.9 Å². The van der Waals surface area contributed by atoms with Crippen LogP contribution in [0, 0.1) is 0 Å². The lowest BCUT2D eigenvalue weighted by Crippen LogP contribution is -2.55. The molecule has 192 valence electrons. The van der Waals surface area contributed by atoms with E-state index in [0.717, 1.165) is 22.9 Å². The van der Waals surface area contributed by atoms with E-state index in [1.165, 1.54) is 12.1 Å². The molecule has 0 fully saturated rings. The molecule has 36 heavy (non-hydrogen) atoms. The Kier molecular flexibility index (Phi) is 9.43. The summed E-state index contributed by atoms with van der Waals surface area (Å²) in [6.07, 6.45) is 3.69. The lowest BCUT2D eigenvalue weighted by Gasteiger charge is -2.23. The van der Waals surface area contributed by atoms with Crippen LogP contribution in [0.15, 0.2) is 54.7 Å². The molecule has 10 nitrogen and oxygen atoms in total. The van der Waals surface area contributed by atoms with E-state index in [1.54, 1.807) is 18.3 Å². The molecular formula is C26H33N5O5. The Morgan fingerprint density at radius 2 is 1.61 bits per heavy atom. The Morgan fingerprint density at radius 3 is 2.31 bits per heavy atom. The number of para-hydroxylation sites is 1. The SMILES string of the molecule is NCCCC[C@H](N)C(=O)N[C@@H](Cc1ccc(O)cc1)C(=O)N[C@@H](Cc1c[nH]c2ccccc12)C(=O)O. The number of aromatic hydroxyl groups is 1. The minimum atomic E-state index is -1.21. The van der Waals surface area contributed by atoms with Gasteiger partial charge in [-0.3, -0.25) is 9.59 Å². The Hall–Kier alpha value is -3.89. The number of carboxylic acids is 1. The lowest BCUT2D eigenvalue weighted by atomic mass is 10.0. The molecule has 10 heteroatoms. The number of phenolic OH excluding ortho intramolecular Hbond substituents is 1. The third-order valence-corrected chi connectivity index (χ3v) is 6.03. The number of fused-ring (bicyclic) bond motifs is 1. The van der Waals surface area contributed by atoms with Crippen LogP contribution in [-0.4, -0.2) is 57.7 Å². The van der Waals surface area contributed by atoms with Gasteiger partial charge in [-0.05, 0) is 48.7 Å². The Morgan fingerprint density at radius 1 is 0.917 bits per heavy atom. The largest absolute Gasteiger partial charge is 0.508 e. The Labute approximate surface area is 209 Å². The number of aliphatic carboxylic acids is 1. The van der Waals surface area contributed by atoms with Crippen LogP contribution in [-0.2, 0) is 27.2 Å². The number of carbonyl (C=O) groups is 3. The summed E-state index contributed by atoms with van der Waals surface area (Å²) in [5, 5.41) is 25.5. The summed E-state index contributed by atoms with van der Waals surface area (Å²) in [5.41, 5.74) is 13.8. The van der Waals surface area contributed by atoms with Crippen LogP contribution >= 0.6 is 0 Å². The molecule has 0 radical (unpaired) electrons. The van der Waals surface area contributed by atoms with Crippen LogP contribution in [0.5, 0.6) is 5.75 Å². The van der Waals surface area contributed by atoms with Crippen LogP contribution in [0.25, 0.3) is 10.9 Å². The second-order valence-corrected chi connectivity index (χ2v) is 8.79. The number of aromatic amines is 1. The third kappa shape index (κ3) is 7.30.